The van der Waals surface area contributed by atoms with Gasteiger partial charge in [-0.15, -0.1) is 0 Å². The van der Waals surface area contributed by atoms with Gasteiger partial charge >= 0.3 is 0 Å². The lowest BCUT2D eigenvalue weighted by Crippen LogP contribution is -2.50. The number of nitrogens with two attached hydrogens (primary N) is 1. The van der Waals surface area contributed by atoms with Crippen molar-refractivity contribution in [3.8, 4) is 5.75 Å². The van der Waals surface area contributed by atoms with E-state index in [9.17, 15) is 5.11 Å². The first-order valence-electron chi connectivity index (χ1n) is 7.34. The molecule has 3 unspecified atom stereocenters. The van der Waals surface area contributed by atoms with Crippen LogP contribution in [-0.2, 0) is 6.42 Å². The van der Waals surface area contributed by atoms with Gasteiger partial charge in [0.2, 0.25) is 0 Å². The number of phenols is 1. The molecule has 0 spiro atoms. The molecule has 1 fully saturated rings. The van der Waals surface area contributed by atoms with Crippen LogP contribution in [0.15, 0.2) is 24.3 Å². The van der Waals surface area contributed by atoms with Crippen molar-refractivity contribution < 1.29 is 5.11 Å². The highest BCUT2D eigenvalue weighted by Crippen LogP contribution is 2.25. The van der Waals surface area contributed by atoms with Crippen LogP contribution in [0.2, 0.25) is 0 Å². The highest BCUT2D eigenvalue weighted by Gasteiger charge is 2.28. The Labute approximate surface area is 116 Å². The van der Waals surface area contributed by atoms with Crippen molar-refractivity contribution in [1.29, 1.82) is 0 Å². The van der Waals surface area contributed by atoms with Crippen molar-refractivity contribution in [2.24, 2.45) is 11.7 Å². The van der Waals surface area contributed by atoms with Crippen molar-refractivity contribution in [2.75, 3.05) is 13.1 Å². The lowest BCUT2D eigenvalue weighted by Gasteiger charge is -2.41. The summed E-state index contributed by atoms with van der Waals surface area (Å²) in [7, 11) is 0. The molecule has 0 aromatic heterocycles. The SMILES string of the molecule is CC1CCN(C(C)Cc2ccc(O)cc2)C(CN)C1. The van der Waals surface area contributed by atoms with E-state index in [-0.39, 0.29) is 0 Å². The van der Waals surface area contributed by atoms with E-state index in [1.54, 1.807) is 12.1 Å². The van der Waals surface area contributed by atoms with Gasteiger partial charge in [-0.25, -0.2) is 0 Å². The molecule has 106 valence electrons. The fourth-order valence-corrected chi connectivity index (χ4v) is 3.17. The number of hydrogen-bond acceptors (Lipinski definition) is 3. The van der Waals surface area contributed by atoms with E-state index in [0.29, 0.717) is 17.8 Å². The summed E-state index contributed by atoms with van der Waals surface area (Å²) in [5, 5.41) is 9.32. The van der Waals surface area contributed by atoms with Gasteiger partial charge in [0.15, 0.2) is 0 Å². The number of phenolic OH excluding ortho intramolecular Hbond substituents is 1. The van der Waals surface area contributed by atoms with Gasteiger partial charge in [0.05, 0.1) is 0 Å². The maximum absolute atomic E-state index is 9.32. The largest absolute Gasteiger partial charge is 0.508 e. The zero-order valence-corrected chi connectivity index (χ0v) is 12.0. The van der Waals surface area contributed by atoms with Gasteiger partial charge in [-0.3, -0.25) is 4.90 Å². The van der Waals surface area contributed by atoms with Gasteiger partial charge in [0.1, 0.15) is 5.75 Å². The number of aromatic hydroxyl groups is 1. The van der Waals surface area contributed by atoms with Gasteiger partial charge in [0.25, 0.3) is 0 Å². The summed E-state index contributed by atoms with van der Waals surface area (Å²) in [6.45, 7) is 6.52. The Balaban J connectivity index is 1.98. The standard InChI is InChI=1S/C16H26N2O/c1-12-7-8-18(15(9-12)11-17)13(2)10-14-3-5-16(19)6-4-14/h3-6,12-13,15,19H,7-11,17H2,1-2H3. The summed E-state index contributed by atoms with van der Waals surface area (Å²) >= 11 is 0. The van der Waals surface area contributed by atoms with Crippen LogP contribution in [0.4, 0.5) is 0 Å². The van der Waals surface area contributed by atoms with Crippen LogP contribution < -0.4 is 5.73 Å². The van der Waals surface area contributed by atoms with E-state index in [1.165, 1.54) is 18.4 Å². The maximum atomic E-state index is 9.32. The minimum absolute atomic E-state index is 0.336. The smallest absolute Gasteiger partial charge is 0.115 e. The molecule has 0 radical (unpaired) electrons. The first-order chi connectivity index (χ1) is 9.10. The molecule has 3 N–H and O–H groups in total. The second-order valence-corrected chi connectivity index (χ2v) is 5.98. The average molecular weight is 262 g/mol. The summed E-state index contributed by atoms with van der Waals surface area (Å²) in [5.41, 5.74) is 7.21. The summed E-state index contributed by atoms with van der Waals surface area (Å²) in [6.07, 6.45) is 3.51. The van der Waals surface area contributed by atoms with Crippen LogP contribution in [0.5, 0.6) is 5.75 Å². The number of piperidine rings is 1. The average Bonchev–Trinajstić information content (AvgIpc) is 2.41. The van der Waals surface area contributed by atoms with E-state index in [0.717, 1.165) is 25.4 Å². The molecular weight excluding hydrogens is 236 g/mol. The Hall–Kier alpha value is -1.06. The van der Waals surface area contributed by atoms with Crippen LogP contribution in [0.25, 0.3) is 0 Å². The zero-order chi connectivity index (χ0) is 13.8. The van der Waals surface area contributed by atoms with Crippen LogP contribution in [0.3, 0.4) is 0 Å². The van der Waals surface area contributed by atoms with E-state index in [4.69, 9.17) is 5.73 Å². The minimum Gasteiger partial charge on any atom is -0.508 e. The topological polar surface area (TPSA) is 49.5 Å². The maximum Gasteiger partial charge on any atom is 0.115 e. The number of hydrogen-bond donors (Lipinski definition) is 2. The van der Waals surface area contributed by atoms with Gasteiger partial charge in [0, 0.05) is 18.6 Å². The number of rotatable bonds is 4. The first kappa shape index (κ1) is 14.4. The highest BCUT2D eigenvalue weighted by molar-refractivity contribution is 5.26. The van der Waals surface area contributed by atoms with Crippen LogP contribution in [-0.4, -0.2) is 35.2 Å². The summed E-state index contributed by atoms with van der Waals surface area (Å²) in [6, 6.07) is 8.58. The van der Waals surface area contributed by atoms with E-state index >= 15 is 0 Å². The Bertz CT molecular complexity index is 390. The monoisotopic (exact) mass is 262 g/mol. The molecule has 1 aromatic rings. The second-order valence-electron chi connectivity index (χ2n) is 5.98. The molecule has 2 rings (SSSR count). The summed E-state index contributed by atoms with van der Waals surface area (Å²) in [4.78, 5) is 2.56. The Morgan fingerprint density at radius 1 is 1.37 bits per heavy atom. The third kappa shape index (κ3) is 3.71. The highest BCUT2D eigenvalue weighted by atomic mass is 16.3. The summed E-state index contributed by atoms with van der Waals surface area (Å²) < 4.78 is 0. The molecule has 1 aliphatic rings. The molecule has 3 atom stereocenters. The molecule has 0 amide bonds. The minimum atomic E-state index is 0.336. The molecule has 1 saturated heterocycles. The number of nitrogens with zero attached hydrogens (tertiary/aromatic N) is 1. The molecule has 1 heterocycles. The van der Waals surface area contributed by atoms with Crippen molar-refractivity contribution in [1.82, 2.24) is 4.90 Å². The fraction of sp³-hybridized carbons (Fsp3) is 0.625. The van der Waals surface area contributed by atoms with Gasteiger partial charge < -0.3 is 10.8 Å². The molecule has 1 aromatic carbocycles. The zero-order valence-electron chi connectivity index (χ0n) is 12.0. The van der Waals surface area contributed by atoms with Gasteiger partial charge in [-0.2, -0.15) is 0 Å². The molecule has 3 heteroatoms. The van der Waals surface area contributed by atoms with E-state index in [2.05, 4.69) is 18.7 Å². The van der Waals surface area contributed by atoms with Gasteiger partial charge in [-0.05, 0) is 56.3 Å². The normalized spacial score (nSPS) is 26.3. The quantitative estimate of drug-likeness (QED) is 0.876. The Morgan fingerprint density at radius 2 is 2.05 bits per heavy atom. The second kappa shape index (κ2) is 6.40. The first-order valence-corrected chi connectivity index (χ1v) is 7.34. The molecule has 3 nitrogen and oxygen atoms in total. The Kier molecular flexibility index (Phi) is 4.83. The van der Waals surface area contributed by atoms with Crippen molar-refractivity contribution in [2.45, 2.75) is 45.2 Å². The van der Waals surface area contributed by atoms with E-state index < -0.39 is 0 Å². The van der Waals surface area contributed by atoms with E-state index in [1.807, 2.05) is 12.1 Å². The molecule has 19 heavy (non-hydrogen) atoms. The fourth-order valence-electron chi connectivity index (χ4n) is 3.17. The van der Waals surface area contributed by atoms with Crippen molar-refractivity contribution in [3.63, 3.8) is 0 Å². The van der Waals surface area contributed by atoms with Gasteiger partial charge in [-0.1, -0.05) is 19.1 Å². The molecule has 0 bridgehead atoms. The van der Waals surface area contributed by atoms with Crippen molar-refractivity contribution in [3.05, 3.63) is 29.8 Å². The predicted molar refractivity (Wildman–Crippen MR) is 79.2 cm³/mol. The van der Waals surface area contributed by atoms with Crippen LogP contribution >= 0.6 is 0 Å². The number of likely N-dealkylation sites (tertiary alicyclic amines) is 1. The molecule has 0 aliphatic carbocycles. The predicted octanol–water partition coefficient (Wildman–Crippen LogP) is 2.38. The van der Waals surface area contributed by atoms with Crippen LogP contribution in [0.1, 0.15) is 32.3 Å². The molecule has 0 saturated carbocycles. The lowest BCUT2D eigenvalue weighted by molar-refractivity contribution is 0.0835. The Morgan fingerprint density at radius 3 is 2.68 bits per heavy atom. The number of benzene rings is 1. The van der Waals surface area contributed by atoms with Crippen molar-refractivity contribution >= 4 is 0 Å². The molecular formula is C16H26N2O. The molecule has 1 aliphatic heterocycles. The van der Waals surface area contributed by atoms with Crippen LogP contribution in [0, 0.1) is 5.92 Å². The third-order valence-electron chi connectivity index (χ3n) is 4.33. The third-order valence-corrected chi connectivity index (χ3v) is 4.33. The summed E-state index contributed by atoms with van der Waals surface area (Å²) in [5.74, 6) is 1.13. The lowest BCUT2D eigenvalue weighted by atomic mass is 9.90.